The number of hydrogen-bond acceptors (Lipinski definition) is 4. The molecule has 18 heavy (non-hydrogen) atoms. The van der Waals surface area contributed by atoms with Crippen molar-refractivity contribution in [3.63, 3.8) is 0 Å². The van der Waals surface area contributed by atoms with Crippen LogP contribution in [0.4, 0.5) is 0 Å². The summed E-state index contributed by atoms with van der Waals surface area (Å²) in [5.41, 5.74) is 0.494. The van der Waals surface area contributed by atoms with E-state index in [2.05, 4.69) is 10.2 Å². The number of carboxylic acids is 1. The fourth-order valence-corrected chi connectivity index (χ4v) is 1.33. The molecule has 1 aromatic heterocycles. The molecule has 6 nitrogen and oxygen atoms in total. The number of ether oxygens (including phenoxy) is 1. The summed E-state index contributed by atoms with van der Waals surface area (Å²) in [7, 11) is 1.48. The van der Waals surface area contributed by atoms with Crippen LogP contribution in [0.5, 0.6) is 5.75 Å². The van der Waals surface area contributed by atoms with Crippen LogP contribution in [0.3, 0.4) is 0 Å². The maximum absolute atomic E-state index is 11.1. The highest BCUT2D eigenvalue weighted by atomic mass is 16.5. The Morgan fingerprint density at radius 3 is 2.39 bits per heavy atom. The average Bonchev–Trinajstić information content (AvgIpc) is 2.94. The first-order valence-corrected chi connectivity index (χ1v) is 5.50. The number of hydrogen-bond donors (Lipinski definition) is 1. The zero-order valence-electron chi connectivity index (χ0n) is 10.5. The van der Waals surface area contributed by atoms with Gasteiger partial charge in [-0.25, -0.2) is 4.79 Å². The van der Waals surface area contributed by atoms with Gasteiger partial charge in [-0.2, -0.15) is 15.0 Å². The SMILES string of the molecule is CC.COc1ccc(-n2nccn2)c(C(=O)O)c1. The van der Waals surface area contributed by atoms with Crippen molar-refractivity contribution in [2.45, 2.75) is 13.8 Å². The number of nitrogens with zero attached hydrogens (tertiary/aromatic N) is 3. The molecule has 0 amide bonds. The van der Waals surface area contributed by atoms with E-state index >= 15 is 0 Å². The number of methoxy groups -OCH3 is 1. The first kappa shape index (κ1) is 13.7. The van der Waals surface area contributed by atoms with Gasteiger partial charge in [-0.15, -0.1) is 0 Å². The molecule has 0 aliphatic heterocycles. The molecule has 96 valence electrons. The molecule has 0 fully saturated rings. The lowest BCUT2D eigenvalue weighted by Crippen LogP contribution is -2.08. The lowest BCUT2D eigenvalue weighted by molar-refractivity contribution is 0.0696. The van der Waals surface area contributed by atoms with Crippen molar-refractivity contribution >= 4 is 5.97 Å². The van der Waals surface area contributed by atoms with E-state index in [1.54, 1.807) is 12.1 Å². The summed E-state index contributed by atoms with van der Waals surface area (Å²) in [4.78, 5) is 12.3. The predicted octanol–water partition coefficient (Wildman–Crippen LogP) is 2.00. The molecular formula is C12H15N3O3. The van der Waals surface area contributed by atoms with Crippen LogP contribution in [-0.4, -0.2) is 33.2 Å². The Hall–Kier alpha value is -2.37. The number of aromatic carboxylic acids is 1. The highest BCUT2D eigenvalue weighted by Crippen LogP contribution is 2.19. The quantitative estimate of drug-likeness (QED) is 0.900. The monoisotopic (exact) mass is 249 g/mol. The van der Waals surface area contributed by atoms with Gasteiger partial charge in [0.05, 0.1) is 25.1 Å². The molecule has 0 aliphatic carbocycles. The first-order valence-electron chi connectivity index (χ1n) is 5.50. The number of benzene rings is 1. The Bertz CT molecular complexity index is 509. The standard InChI is InChI=1S/C10H9N3O3.C2H6/c1-16-7-2-3-9(8(6-7)10(14)15)13-11-4-5-12-13;1-2/h2-6H,1H3,(H,14,15);1-2H3. The molecule has 6 heteroatoms. The summed E-state index contributed by atoms with van der Waals surface area (Å²) in [6.45, 7) is 4.00. The summed E-state index contributed by atoms with van der Waals surface area (Å²) >= 11 is 0. The van der Waals surface area contributed by atoms with Crippen molar-refractivity contribution in [3.05, 3.63) is 36.2 Å². The highest BCUT2D eigenvalue weighted by molar-refractivity contribution is 5.92. The fourth-order valence-electron chi connectivity index (χ4n) is 1.33. The van der Waals surface area contributed by atoms with Gasteiger partial charge in [-0.05, 0) is 18.2 Å². The van der Waals surface area contributed by atoms with E-state index in [0.717, 1.165) is 0 Å². The van der Waals surface area contributed by atoms with Crippen LogP contribution in [0.25, 0.3) is 5.69 Å². The van der Waals surface area contributed by atoms with E-state index in [9.17, 15) is 4.79 Å². The predicted molar refractivity (Wildman–Crippen MR) is 66.2 cm³/mol. The third kappa shape index (κ3) is 2.85. The molecule has 0 spiro atoms. The number of carbonyl (C=O) groups is 1. The maximum Gasteiger partial charge on any atom is 0.338 e. The smallest absolute Gasteiger partial charge is 0.338 e. The molecule has 2 aromatic rings. The van der Waals surface area contributed by atoms with Gasteiger partial charge in [-0.1, -0.05) is 13.8 Å². The van der Waals surface area contributed by atoms with Gasteiger partial charge in [0.2, 0.25) is 0 Å². The topological polar surface area (TPSA) is 77.2 Å². The molecular weight excluding hydrogens is 234 g/mol. The van der Waals surface area contributed by atoms with Gasteiger partial charge >= 0.3 is 5.97 Å². The van der Waals surface area contributed by atoms with Crippen LogP contribution in [0.2, 0.25) is 0 Å². The van der Waals surface area contributed by atoms with Crippen LogP contribution in [-0.2, 0) is 0 Å². The van der Waals surface area contributed by atoms with E-state index in [0.29, 0.717) is 11.4 Å². The van der Waals surface area contributed by atoms with E-state index in [1.807, 2.05) is 13.8 Å². The van der Waals surface area contributed by atoms with E-state index in [-0.39, 0.29) is 5.56 Å². The Kier molecular flexibility index (Phi) is 4.86. The lowest BCUT2D eigenvalue weighted by atomic mass is 10.1. The maximum atomic E-state index is 11.1. The lowest BCUT2D eigenvalue weighted by Gasteiger charge is -2.06. The Morgan fingerprint density at radius 2 is 1.89 bits per heavy atom. The van der Waals surface area contributed by atoms with Crippen molar-refractivity contribution in [2.24, 2.45) is 0 Å². The van der Waals surface area contributed by atoms with Crippen LogP contribution < -0.4 is 4.74 Å². The highest BCUT2D eigenvalue weighted by Gasteiger charge is 2.13. The average molecular weight is 249 g/mol. The Balaban J connectivity index is 0.000000771. The second kappa shape index (κ2) is 6.39. The molecule has 0 aliphatic rings. The zero-order chi connectivity index (χ0) is 13.5. The summed E-state index contributed by atoms with van der Waals surface area (Å²) in [6.07, 6.45) is 2.96. The molecule has 0 saturated carbocycles. The van der Waals surface area contributed by atoms with Crippen molar-refractivity contribution in [1.82, 2.24) is 15.0 Å². The molecule has 1 heterocycles. The number of rotatable bonds is 3. The zero-order valence-corrected chi connectivity index (χ0v) is 10.5. The van der Waals surface area contributed by atoms with Crippen LogP contribution in [0, 0.1) is 0 Å². The second-order valence-electron chi connectivity index (χ2n) is 3.01. The van der Waals surface area contributed by atoms with Gasteiger partial charge < -0.3 is 9.84 Å². The molecule has 0 atom stereocenters. The number of carboxylic acid groups (broad SMARTS) is 1. The van der Waals surface area contributed by atoms with Crippen LogP contribution >= 0.6 is 0 Å². The van der Waals surface area contributed by atoms with Gasteiger partial charge in [0.25, 0.3) is 0 Å². The van der Waals surface area contributed by atoms with Gasteiger partial charge in [0.15, 0.2) is 0 Å². The van der Waals surface area contributed by atoms with Gasteiger partial charge in [-0.3, -0.25) is 0 Å². The summed E-state index contributed by atoms with van der Waals surface area (Å²) in [5.74, 6) is -0.570. The largest absolute Gasteiger partial charge is 0.497 e. The van der Waals surface area contributed by atoms with Crippen LogP contribution in [0.1, 0.15) is 24.2 Å². The minimum atomic E-state index is -1.05. The Morgan fingerprint density at radius 1 is 1.28 bits per heavy atom. The normalized spacial score (nSPS) is 9.28. The molecule has 0 radical (unpaired) electrons. The van der Waals surface area contributed by atoms with Crippen molar-refractivity contribution in [2.75, 3.05) is 7.11 Å². The molecule has 2 rings (SSSR count). The second-order valence-corrected chi connectivity index (χ2v) is 3.01. The van der Waals surface area contributed by atoms with Crippen molar-refractivity contribution < 1.29 is 14.6 Å². The Labute approximate surface area is 105 Å². The minimum Gasteiger partial charge on any atom is -0.497 e. The van der Waals surface area contributed by atoms with Crippen molar-refractivity contribution in [3.8, 4) is 11.4 Å². The molecule has 0 bridgehead atoms. The third-order valence-electron chi connectivity index (χ3n) is 2.07. The van der Waals surface area contributed by atoms with Gasteiger partial charge in [0, 0.05) is 0 Å². The third-order valence-corrected chi connectivity index (χ3v) is 2.07. The van der Waals surface area contributed by atoms with Crippen LogP contribution in [0.15, 0.2) is 30.6 Å². The molecule has 0 saturated heterocycles. The van der Waals surface area contributed by atoms with Gasteiger partial charge in [0.1, 0.15) is 11.4 Å². The summed E-state index contributed by atoms with van der Waals surface area (Å²) < 4.78 is 4.96. The number of aromatic nitrogens is 3. The first-order chi connectivity index (χ1) is 8.72. The molecule has 1 aromatic carbocycles. The summed E-state index contributed by atoms with van der Waals surface area (Å²) in [5, 5.41) is 16.8. The molecule has 1 N–H and O–H groups in total. The van der Waals surface area contributed by atoms with Crippen molar-refractivity contribution in [1.29, 1.82) is 0 Å². The van der Waals surface area contributed by atoms with E-state index in [4.69, 9.17) is 9.84 Å². The fraction of sp³-hybridized carbons (Fsp3) is 0.250. The van der Waals surface area contributed by atoms with E-state index in [1.165, 1.54) is 30.4 Å². The molecule has 0 unspecified atom stereocenters. The minimum absolute atomic E-state index is 0.0931. The summed E-state index contributed by atoms with van der Waals surface area (Å²) in [6, 6.07) is 4.69. The van der Waals surface area contributed by atoms with E-state index < -0.39 is 5.97 Å².